The monoisotopic (exact) mass is 188 g/mol. The molecule has 0 fully saturated rings. The molecule has 0 saturated heterocycles. The van der Waals surface area contributed by atoms with Gasteiger partial charge in [0.15, 0.2) is 0 Å². The molecule has 8 heavy (non-hydrogen) atoms. The minimum atomic E-state index is 1.16. The fraction of sp³-hybridized carbons (Fsp3) is 0. The van der Waals surface area contributed by atoms with Crippen molar-refractivity contribution in [1.82, 2.24) is 0 Å². The molecular weight excluding hydrogens is 184 g/mol. The highest BCUT2D eigenvalue weighted by Crippen LogP contribution is 2.23. The summed E-state index contributed by atoms with van der Waals surface area (Å²) in [7, 11) is 0. The Bertz CT molecular complexity index is 190. The zero-order valence-electron chi connectivity index (χ0n) is 4.23. The lowest BCUT2D eigenvalue weighted by atomic mass is 10.3. The minimum absolute atomic E-state index is 1.16. The van der Waals surface area contributed by atoms with Crippen LogP contribution in [0.15, 0.2) is 21.8 Å². The molecule has 0 spiro atoms. The number of hydrogen-bond acceptors (Lipinski definition) is 1. The van der Waals surface area contributed by atoms with Crippen LogP contribution in [0.1, 0.15) is 5.56 Å². The van der Waals surface area contributed by atoms with E-state index in [1.807, 2.05) is 17.5 Å². The average molecular weight is 189 g/mol. The second-order valence-corrected chi connectivity index (χ2v) is 3.59. The Labute approximate surface area is 61.0 Å². The number of hydrogen-bond donors (Lipinski definition) is 0. The predicted octanol–water partition coefficient (Wildman–Crippen LogP) is 3.15. The van der Waals surface area contributed by atoms with Gasteiger partial charge in [0.2, 0.25) is 0 Å². The third-order valence-electron chi connectivity index (χ3n) is 0.866. The summed E-state index contributed by atoms with van der Waals surface area (Å²) in [6.07, 6.45) is 1.83. The molecule has 0 aliphatic rings. The van der Waals surface area contributed by atoms with Crippen LogP contribution < -0.4 is 0 Å². The van der Waals surface area contributed by atoms with E-state index in [1.165, 1.54) is 5.56 Å². The Morgan fingerprint density at radius 2 is 2.50 bits per heavy atom. The summed E-state index contributed by atoms with van der Waals surface area (Å²) in [4.78, 5) is 0. The van der Waals surface area contributed by atoms with Crippen LogP contribution >= 0.6 is 27.3 Å². The molecule has 2 heteroatoms. The van der Waals surface area contributed by atoms with Crippen LogP contribution in [0.4, 0.5) is 0 Å². The van der Waals surface area contributed by atoms with Crippen LogP contribution in [-0.2, 0) is 0 Å². The topological polar surface area (TPSA) is 0 Å². The predicted molar refractivity (Wildman–Crippen MR) is 42.1 cm³/mol. The first kappa shape index (κ1) is 6.05. The number of thiophene rings is 1. The highest BCUT2D eigenvalue weighted by Gasteiger charge is 1.92. The van der Waals surface area contributed by atoms with E-state index in [2.05, 4.69) is 22.5 Å². The van der Waals surface area contributed by atoms with Crippen molar-refractivity contribution < 1.29 is 0 Å². The number of halogens is 1. The molecule has 0 unspecified atom stereocenters. The Balaban J connectivity index is 3.09. The van der Waals surface area contributed by atoms with E-state index in [9.17, 15) is 0 Å². The molecular formula is C6H5BrS. The van der Waals surface area contributed by atoms with Crippen LogP contribution in [0.3, 0.4) is 0 Å². The first-order valence-electron chi connectivity index (χ1n) is 2.20. The largest absolute Gasteiger partial charge is 0.136 e. The van der Waals surface area contributed by atoms with Crippen molar-refractivity contribution >= 4 is 33.3 Å². The minimum Gasteiger partial charge on any atom is -0.136 e. The van der Waals surface area contributed by atoms with Crippen LogP contribution in [-0.4, -0.2) is 0 Å². The SMILES string of the molecule is C=Cc1ccsc1Br. The van der Waals surface area contributed by atoms with Crippen molar-refractivity contribution in [3.63, 3.8) is 0 Å². The zero-order chi connectivity index (χ0) is 5.98. The molecule has 0 amide bonds. The molecule has 0 aliphatic carbocycles. The average Bonchev–Trinajstić information content (AvgIpc) is 2.14. The van der Waals surface area contributed by atoms with Crippen LogP contribution in [0, 0.1) is 0 Å². The van der Waals surface area contributed by atoms with E-state index in [0.29, 0.717) is 0 Å². The lowest BCUT2D eigenvalue weighted by molar-refractivity contribution is 1.85. The maximum atomic E-state index is 3.64. The smallest absolute Gasteiger partial charge is 0.0770 e. The van der Waals surface area contributed by atoms with Crippen molar-refractivity contribution in [3.05, 3.63) is 27.4 Å². The standard InChI is InChI=1S/C6H5BrS/c1-2-5-3-4-8-6(5)7/h2-4H,1H2. The van der Waals surface area contributed by atoms with E-state index >= 15 is 0 Å². The third-order valence-corrected chi connectivity index (χ3v) is 2.60. The summed E-state index contributed by atoms with van der Waals surface area (Å²) in [6.45, 7) is 3.64. The van der Waals surface area contributed by atoms with Crippen LogP contribution in [0.2, 0.25) is 0 Å². The molecule has 0 bridgehead atoms. The van der Waals surface area contributed by atoms with Gasteiger partial charge in [-0.15, -0.1) is 11.3 Å². The molecule has 0 aliphatic heterocycles. The van der Waals surface area contributed by atoms with Gasteiger partial charge in [0.1, 0.15) is 0 Å². The first-order chi connectivity index (χ1) is 3.84. The van der Waals surface area contributed by atoms with Crippen LogP contribution in [0.5, 0.6) is 0 Å². The molecule has 0 N–H and O–H groups in total. The molecule has 0 nitrogen and oxygen atoms in total. The summed E-state index contributed by atoms with van der Waals surface area (Å²) in [5.74, 6) is 0. The van der Waals surface area contributed by atoms with Crippen molar-refractivity contribution in [2.24, 2.45) is 0 Å². The quantitative estimate of drug-likeness (QED) is 0.636. The second-order valence-electron chi connectivity index (χ2n) is 1.35. The highest BCUT2D eigenvalue weighted by atomic mass is 79.9. The lowest BCUT2D eigenvalue weighted by Crippen LogP contribution is -1.56. The molecule has 1 aromatic rings. The highest BCUT2D eigenvalue weighted by molar-refractivity contribution is 9.11. The van der Waals surface area contributed by atoms with Gasteiger partial charge in [0, 0.05) is 0 Å². The molecule has 0 radical (unpaired) electrons. The van der Waals surface area contributed by atoms with Gasteiger partial charge in [-0.3, -0.25) is 0 Å². The van der Waals surface area contributed by atoms with Gasteiger partial charge in [-0.05, 0) is 32.9 Å². The summed E-state index contributed by atoms with van der Waals surface area (Å²) < 4.78 is 1.16. The molecule has 1 rings (SSSR count). The number of rotatable bonds is 1. The molecule has 1 heterocycles. The van der Waals surface area contributed by atoms with Gasteiger partial charge >= 0.3 is 0 Å². The van der Waals surface area contributed by atoms with E-state index < -0.39 is 0 Å². The van der Waals surface area contributed by atoms with Gasteiger partial charge in [-0.25, -0.2) is 0 Å². The van der Waals surface area contributed by atoms with Crippen molar-refractivity contribution in [3.8, 4) is 0 Å². The molecule has 0 atom stereocenters. The van der Waals surface area contributed by atoms with Gasteiger partial charge in [0.25, 0.3) is 0 Å². The zero-order valence-corrected chi connectivity index (χ0v) is 6.63. The Kier molecular flexibility index (Phi) is 1.86. The Morgan fingerprint density at radius 1 is 1.75 bits per heavy atom. The fourth-order valence-electron chi connectivity index (χ4n) is 0.449. The fourth-order valence-corrected chi connectivity index (χ4v) is 1.69. The van der Waals surface area contributed by atoms with E-state index in [1.54, 1.807) is 11.3 Å². The molecule has 0 saturated carbocycles. The molecule has 1 aromatic heterocycles. The maximum absolute atomic E-state index is 3.64. The molecule has 42 valence electrons. The van der Waals surface area contributed by atoms with Crippen LogP contribution in [0.25, 0.3) is 6.08 Å². The summed E-state index contributed by atoms with van der Waals surface area (Å²) in [6, 6.07) is 2.03. The summed E-state index contributed by atoms with van der Waals surface area (Å²) in [5, 5.41) is 2.03. The van der Waals surface area contributed by atoms with Gasteiger partial charge < -0.3 is 0 Å². The van der Waals surface area contributed by atoms with Gasteiger partial charge in [0.05, 0.1) is 3.79 Å². The maximum Gasteiger partial charge on any atom is 0.0770 e. The Hall–Kier alpha value is -0.0800. The van der Waals surface area contributed by atoms with Gasteiger partial charge in [-0.2, -0.15) is 0 Å². The normalized spacial score (nSPS) is 9.12. The van der Waals surface area contributed by atoms with Crippen molar-refractivity contribution in [2.75, 3.05) is 0 Å². The van der Waals surface area contributed by atoms with Crippen molar-refractivity contribution in [1.29, 1.82) is 0 Å². The third kappa shape index (κ3) is 1.01. The summed E-state index contributed by atoms with van der Waals surface area (Å²) in [5.41, 5.74) is 1.18. The van der Waals surface area contributed by atoms with E-state index in [-0.39, 0.29) is 0 Å². The van der Waals surface area contributed by atoms with Crippen molar-refractivity contribution in [2.45, 2.75) is 0 Å². The Morgan fingerprint density at radius 3 is 2.75 bits per heavy atom. The lowest BCUT2D eigenvalue weighted by Gasteiger charge is -1.80. The second kappa shape index (κ2) is 2.46. The first-order valence-corrected chi connectivity index (χ1v) is 3.87. The van der Waals surface area contributed by atoms with E-state index in [4.69, 9.17) is 0 Å². The summed E-state index contributed by atoms with van der Waals surface area (Å²) >= 11 is 5.05. The van der Waals surface area contributed by atoms with E-state index in [0.717, 1.165) is 3.79 Å². The molecule has 0 aromatic carbocycles. The van der Waals surface area contributed by atoms with Gasteiger partial charge in [-0.1, -0.05) is 12.7 Å².